The van der Waals surface area contributed by atoms with E-state index in [0.29, 0.717) is 38.7 Å². The van der Waals surface area contributed by atoms with Crippen LogP contribution in [0.1, 0.15) is 26.3 Å². The molecule has 1 aliphatic heterocycles. The van der Waals surface area contributed by atoms with Crippen molar-refractivity contribution >= 4 is 17.7 Å². The van der Waals surface area contributed by atoms with Crippen LogP contribution in [0.3, 0.4) is 0 Å². The minimum absolute atomic E-state index is 0.270. The lowest BCUT2D eigenvalue weighted by atomic mass is 10.2. The maximum absolute atomic E-state index is 12.1. The quantitative estimate of drug-likeness (QED) is 0.659. The average molecular weight is 361 g/mol. The molecule has 0 unspecified atom stereocenters. The zero-order valence-corrected chi connectivity index (χ0v) is 16.5. The van der Waals surface area contributed by atoms with Crippen molar-refractivity contribution in [3.8, 4) is 0 Å². The summed E-state index contributed by atoms with van der Waals surface area (Å²) in [6.07, 6.45) is -0.270. The number of anilines is 1. The van der Waals surface area contributed by atoms with Crippen molar-refractivity contribution in [1.29, 1.82) is 0 Å². The minimum atomic E-state index is -0.476. The van der Waals surface area contributed by atoms with Gasteiger partial charge in [0.15, 0.2) is 5.96 Å². The van der Waals surface area contributed by atoms with Crippen LogP contribution in [0.4, 0.5) is 10.5 Å². The summed E-state index contributed by atoms with van der Waals surface area (Å²) in [6.45, 7) is 8.65. The molecule has 1 amide bonds. The van der Waals surface area contributed by atoms with Crippen LogP contribution >= 0.6 is 0 Å². The number of nitrogens with two attached hydrogens (primary N) is 1. The van der Waals surface area contributed by atoms with E-state index in [0.717, 1.165) is 11.3 Å². The lowest BCUT2D eigenvalue weighted by Gasteiger charge is -2.36. The highest BCUT2D eigenvalue weighted by molar-refractivity contribution is 5.78. The highest BCUT2D eigenvalue weighted by Gasteiger charge is 2.26. The Labute approximate surface area is 156 Å². The fourth-order valence-corrected chi connectivity index (χ4v) is 2.65. The predicted molar refractivity (Wildman–Crippen MR) is 105 cm³/mol. The number of nitrogens with zero attached hydrogens (tertiary/aromatic N) is 4. The maximum atomic E-state index is 12.1. The Balaban J connectivity index is 1.87. The van der Waals surface area contributed by atoms with Gasteiger partial charge in [0, 0.05) is 46.0 Å². The highest BCUT2D eigenvalue weighted by atomic mass is 16.6. The molecule has 0 aromatic heterocycles. The van der Waals surface area contributed by atoms with E-state index >= 15 is 0 Å². The molecule has 1 aliphatic rings. The van der Waals surface area contributed by atoms with Gasteiger partial charge in [-0.1, -0.05) is 12.1 Å². The van der Waals surface area contributed by atoms with E-state index in [9.17, 15) is 4.79 Å². The summed E-state index contributed by atoms with van der Waals surface area (Å²) >= 11 is 0. The number of rotatable bonds is 3. The van der Waals surface area contributed by atoms with Crippen LogP contribution in [0.5, 0.6) is 0 Å². The summed E-state index contributed by atoms with van der Waals surface area (Å²) in [5.41, 5.74) is 7.93. The van der Waals surface area contributed by atoms with Crippen molar-refractivity contribution in [1.82, 2.24) is 9.80 Å². The Kier molecular flexibility index (Phi) is 6.34. The van der Waals surface area contributed by atoms with Crippen molar-refractivity contribution in [3.63, 3.8) is 0 Å². The zero-order valence-electron chi connectivity index (χ0n) is 16.5. The Morgan fingerprint density at radius 3 is 2.38 bits per heavy atom. The van der Waals surface area contributed by atoms with Crippen LogP contribution in [0, 0.1) is 0 Å². The van der Waals surface area contributed by atoms with Gasteiger partial charge in [-0.15, -0.1) is 0 Å². The molecule has 0 saturated carbocycles. The third-order valence-electron chi connectivity index (χ3n) is 4.11. The molecule has 2 N–H and O–H groups in total. The maximum Gasteiger partial charge on any atom is 0.410 e. The molecule has 7 heteroatoms. The summed E-state index contributed by atoms with van der Waals surface area (Å²) in [5, 5.41) is 0. The molecular formula is C19H31N5O2. The lowest BCUT2D eigenvalue weighted by Crippen LogP contribution is -2.53. The minimum Gasteiger partial charge on any atom is -0.444 e. The summed E-state index contributed by atoms with van der Waals surface area (Å²) < 4.78 is 5.41. The van der Waals surface area contributed by atoms with Gasteiger partial charge in [0.05, 0.1) is 6.54 Å². The van der Waals surface area contributed by atoms with Gasteiger partial charge in [-0.2, -0.15) is 0 Å². The molecule has 1 saturated heterocycles. The zero-order chi connectivity index (χ0) is 19.3. The number of ether oxygens (including phenoxy) is 1. The molecule has 1 fully saturated rings. The molecule has 1 aromatic carbocycles. The molecule has 26 heavy (non-hydrogen) atoms. The topological polar surface area (TPSA) is 74.4 Å². The first-order valence-electron chi connectivity index (χ1n) is 8.95. The Morgan fingerprint density at radius 2 is 1.81 bits per heavy atom. The van der Waals surface area contributed by atoms with Gasteiger partial charge >= 0.3 is 6.09 Å². The largest absolute Gasteiger partial charge is 0.444 e. The van der Waals surface area contributed by atoms with Gasteiger partial charge in [-0.05, 0) is 38.5 Å². The predicted octanol–water partition coefficient (Wildman–Crippen LogP) is 2.12. The number of hydrogen-bond donors (Lipinski definition) is 1. The molecule has 0 aliphatic carbocycles. The van der Waals surface area contributed by atoms with E-state index < -0.39 is 5.60 Å². The summed E-state index contributed by atoms with van der Waals surface area (Å²) in [5.74, 6) is 0.518. The lowest BCUT2D eigenvalue weighted by molar-refractivity contribution is 0.0186. The van der Waals surface area contributed by atoms with Gasteiger partial charge in [0.1, 0.15) is 5.60 Å². The smallest absolute Gasteiger partial charge is 0.410 e. The van der Waals surface area contributed by atoms with E-state index in [-0.39, 0.29) is 6.09 Å². The second-order valence-corrected chi connectivity index (χ2v) is 7.69. The third-order valence-corrected chi connectivity index (χ3v) is 4.11. The molecule has 144 valence electrons. The molecule has 1 heterocycles. The fraction of sp³-hybridized carbons (Fsp3) is 0.579. The van der Waals surface area contributed by atoms with E-state index in [2.05, 4.69) is 22.0 Å². The van der Waals surface area contributed by atoms with Crippen molar-refractivity contribution in [2.75, 3.05) is 45.2 Å². The Hall–Kier alpha value is -2.44. The third kappa shape index (κ3) is 5.82. The molecule has 2 rings (SSSR count). The van der Waals surface area contributed by atoms with E-state index in [1.54, 1.807) is 4.90 Å². The fourth-order valence-electron chi connectivity index (χ4n) is 2.65. The average Bonchev–Trinajstić information content (AvgIpc) is 2.58. The van der Waals surface area contributed by atoms with Crippen molar-refractivity contribution in [2.24, 2.45) is 10.7 Å². The first kappa shape index (κ1) is 19.9. The van der Waals surface area contributed by atoms with Crippen LogP contribution in [0.15, 0.2) is 29.3 Å². The SMILES string of the molecule is CN(C)c1cccc(CN=C(N)N2CCN(C(=O)OC(C)(C)C)CC2)c1. The van der Waals surface area contributed by atoms with E-state index in [1.165, 1.54) is 0 Å². The standard InChI is InChI=1S/C19H31N5O2/c1-19(2,3)26-18(25)24-11-9-23(10-12-24)17(20)21-14-15-7-6-8-16(13-15)22(4)5/h6-8,13H,9-12,14H2,1-5H3,(H2,20,21). The van der Waals surface area contributed by atoms with E-state index in [4.69, 9.17) is 10.5 Å². The number of amides is 1. The number of aliphatic imine (C=N–C) groups is 1. The van der Waals surface area contributed by atoms with Crippen LogP contribution in [0.2, 0.25) is 0 Å². The van der Waals surface area contributed by atoms with Gasteiger partial charge in [-0.25, -0.2) is 9.79 Å². The van der Waals surface area contributed by atoms with Gasteiger partial charge in [-0.3, -0.25) is 0 Å². The first-order chi connectivity index (χ1) is 12.2. The second kappa shape index (κ2) is 8.29. The van der Waals surface area contributed by atoms with Gasteiger partial charge in [0.2, 0.25) is 0 Å². The molecule has 0 radical (unpaired) electrons. The molecule has 0 bridgehead atoms. The molecule has 0 atom stereocenters. The van der Waals surface area contributed by atoms with Crippen LogP contribution in [0.25, 0.3) is 0 Å². The molecular weight excluding hydrogens is 330 g/mol. The Bertz CT molecular complexity index is 644. The van der Waals surface area contributed by atoms with E-state index in [1.807, 2.05) is 51.9 Å². The number of piperazine rings is 1. The molecule has 0 spiro atoms. The molecule has 1 aromatic rings. The number of guanidine groups is 1. The van der Waals surface area contributed by atoms with Crippen molar-refractivity contribution < 1.29 is 9.53 Å². The summed E-state index contributed by atoms with van der Waals surface area (Å²) in [6, 6.07) is 8.24. The normalized spacial score (nSPS) is 15.8. The van der Waals surface area contributed by atoms with Gasteiger partial charge < -0.3 is 25.2 Å². The van der Waals surface area contributed by atoms with Crippen LogP contribution in [-0.2, 0) is 11.3 Å². The second-order valence-electron chi connectivity index (χ2n) is 7.69. The van der Waals surface area contributed by atoms with Crippen LogP contribution in [-0.4, -0.2) is 67.7 Å². The monoisotopic (exact) mass is 361 g/mol. The van der Waals surface area contributed by atoms with Crippen molar-refractivity contribution in [2.45, 2.75) is 32.9 Å². The Morgan fingerprint density at radius 1 is 1.19 bits per heavy atom. The summed E-state index contributed by atoms with van der Waals surface area (Å²) in [7, 11) is 4.03. The summed E-state index contributed by atoms with van der Waals surface area (Å²) in [4.78, 5) is 22.4. The number of benzene rings is 1. The first-order valence-corrected chi connectivity index (χ1v) is 8.95. The van der Waals surface area contributed by atoms with Crippen LogP contribution < -0.4 is 10.6 Å². The highest BCUT2D eigenvalue weighted by Crippen LogP contribution is 2.15. The number of carbonyl (C=O) groups excluding carboxylic acids is 1. The van der Waals surface area contributed by atoms with Crippen molar-refractivity contribution in [3.05, 3.63) is 29.8 Å². The molecule has 7 nitrogen and oxygen atoms in total. The number of carbonyl (C=O) groups is 1. The van der Waals surface area contributed by atoms with Gasteiger partial charge in [0.25, 0.3) is 0 Å². The number of hydrogen-bond acceptors (Lipinski definition) is 4.